The van der Waals surface area contributed by atoms with Crippen molar-refractivity contribution in [2.45, 2.75) is 135 Å². The Kier molecular flexibility index (Phi) is 12.8. The highest BCUT2D eigenvalue weighted by Gasteiger charge is 2.45. The zero-order valence-corrected chi connectivity index (χ0v) is 41.5. The molecule has 2 saturated heterocycles. The first-order chi connectivity index (χ1) is 32.7. The smallest absolute Gasteiger partial charge is 0.282 e. The van der Waals surface area contributed by atoms with Crippen LogP contribution in [0.1, 0.15) is 126 Å². The van der Waals surface area contributed by atoms with Crippen molar-refractivity contribution in [1.29, 1.82) is 0 Å². The maximum Gasteiger partial charge on any atom is 0.282 e. The molecule has 10 rings (SSSR count). The van der Waals surface area contributed by atoms with Crippen LogP contribution in [-0.4, -0.2) is 90.1 Å². The highest BCUT2D eigenvalue weighted by molar-refractivity contribution is 7.13. The highest BCUT2D eigenvalue weighted by Crippen LogP contribution is 2.48. The molecule has 5 aliphatic rings. The van der Waals surface area contributed by atoms with Gasteiger partial charge in [0.25, 0.3) is 5.56 Å². The number of piperidine rings is 1. The summed E-state index contributed by atoms with van der Waals surface area (Å²) in [5, 5.41) is 16.7. The van der Waals surface area contributed by atoms with Gasteiger partial charge >= 0.3 is 0 Å². The molecule has 4 atom stereocenters. The summed E-state index contributed by atoms with van der Waals surface area (Å²) < 4.78 is 2.16. The molecular formula is C53H64ClN9O4S. The predicted octanol–water partition coefficient (Wildman–Crippen LogP) is 8.27. The fourth-order valence-corrected chi connectivity index (χ4v) is 13.1. The van der Waals surface area contributed by atoms with Gasteiger partial charge < -0.3 is 25.6 Å². The van der Waals surface area contributed by atoms with Crippen molar-refractivity contribution in [3.63, 3.8) is 0 Å². The summed E-state index contributed by atoms with van der Waals surface area (Å²) in [4.78, 5) is 55.9. The number of nitrogens with zero attached hydrogens (tertiary/aromatic N) is 6. The number of halogens is 1. The van der Waals surface area contributed by atoms with Crippen LogP contribution >= 0.6 is 22.9 Å². The van der Waals surface area contributed by atoms with Crippen LogP contribution in [0.15, 0.2) is 82.9 Å². The average molecular weight is 959 g/mol. The molecule has 2 aromatic heterocycles. The molecule has 6 heterocycles. The van der Waals surface area contributed by atoms with E-state index in [1.54, 1.807) is 22.3 Å². The van der Waals surface area contributed by atoms with Crippen molar-refractivity contribution in [3.05, 3.63) is 122 Å². The molecular weight excluding hydrogens is 894 g/mol. The molecule has 0 bridgehead atoms. The molecule has 0 radical (unpaired) electrons. The minimum atomic E-state index is -0.776. The molecule has 3 aromatic carbocycles. The number of hydrogen-bond acceptors (Lipinski definition) is 11. The van der Waals surface area contributed by atoms with Gasteiger partial charge in [0.2, 0.25) is 11.8 Å². The number of β-amino-alcohol motifs (C(OH)–C–C–N with tert-alkyl or cyclic N) is 1. The zero-order chi connectivity index (χ0) is 47.6. The Morgan fingerprint density at radius 3 is 2.43 bits per heavy atom. The molecule has 0 spiro atoms. The Labute approximate surface area is 407 Å². The van der Waals surface area contributed by atoms with Gasteiger partial charge in [-0.2, -0.15) is 4.98 Å². The maximum atomic E-state index is 14.4. The van der Waals surface area contributed by atoms with Crippen LogP contribution in [0.3, 0.4) is 0 Å². The molecule has 5 aromatic rings. The number of nitrogens with one attached hydrogen (secondary N) is 3. The first kappa shape index (κ1) is 46.6. The van der Waals surface area contributed by atoms with Crippen molar-refractivity contribution in [1.82, 2.24) is 45.6 Å². The number of likely N-dealkylation sites (tertiary alicyclic amines) is 2. The van der Waals surface area contributed by atoms with Crippen molar-refractivity contribution in [2.75, 3.05) is 19.6 Å². The second-order valence-corrected chi connectivity index (χ2v) is 22.0. The largest absolute Gasteiger partial charge is 0.391 e. The zero-order valence-electron chi connectivity index (χ0n) is 40.0. The Balaban J connectivity index is 0.731. The molecule has 3 fully saturated rings. The van der Waals surface area contributed by atoms with Crippen molar-refractivity contribution in [3.8, 4) is 16.1 Å². The van der Waals surface area contributed by atoms with E-state index < -0.39 is 23.6 Å². The van der Waals surface area contributed by atoms with E-state index in [-0.39, 0.29) is 42.3 Å². The molecule has 1 aliphatic carbocycles. The van der Waals surface area contributed by atoms with Crippen LogP contribution in [0.2, 0.25) is 5.02 Å². The number of aliphatic hydroxyl groups is 1. The molecule has 68 heavy (non-hydrogen) atoms. The number of rotatable bonds is 11. The number of aromatic nitrogens is 3. The molecule has 15 heteroatoms. The Morgan fingerprint density at radius 1 is 0.985 bits per heavy atom. The van der Waals surface area contributed by atoms with Crippen LogP contribution in [0.4, 0.5) is 0 Å². The summed E-state index contributed by atoms with van der Waals surface area (Å²) in [5.74, 6) is 1.24. The molecule has 0 unspecified atom stereocenters. The number of aryl methyl sites for hydroxylation is 1. The molecule has 1 saturated carbocycles. The lowest BCUT2D eigenvalue weighted by molar-refractivity contribution is -0.144. The molecule has 4 aliphatic heterocycles. The third-order valence-electron chi connectivity index (χ3n) is 15.6. The van der Waals surface area contributed by atoms with E-state index >= 15 is 0 Å². The number of fused-ring (bicyclic) bond motifs is 5. The summed E-state index contributed by atoms with van der Waals surface area (Å²) in [5.41, 5.74) is 16.5. The Bertz CT molecular complexity index is 2810. The maximum absolute atomic E-state index is 14.4. The van der Waals surface area contributed by atoms with Crippen LogP contribution in [-0.2, 0) is 15.0 Å². The van der Waals surface area contributed by atoms with E-state index in [2.05, 4.69) is 79.9 Å². The molecule has 2 amide bonds. The van der Waals surface area contributed by atoms with Gasteiger partial charge in [0.15, 0.2) is 0 Å². The lowest BCUT2D eigenvalue weighted by atomic mass is 9.76. The van der Waals surface area contributed by atoms with Gasteiger partial charge in [-0.25, -0.2) is 4.98 Å². The summed E-state index contributed by atoms with van der Waals surface area (Å²) >= 11 is 8.15. The van der Waals surface area contributed by atoms with E-state index in [0.717, 1.165) is 89.6 Å². The van der Waals surface area contributed by atoms with E-state index in [9.17, 15) is 19.5 Å². The van der Waals surface area contributed by atoms with E-state index in [1.807, 2.05) is 68.7 Å². The second kappa shape index (κ2) is 18.7. The normalized spacial score (nSPS) is 23.6. The van der Waals surface area contributed by atoms with Crippen LogP contribution < -0.4 is 21.8 Å². The minimum Gasteiger partial charge on any atom is -0.391 e. The summed E-state index contributed by atoms with van der Waals surface area (Å²) in [6.45, 7) is 14.6. The lowest BCUT2D eigenvalue weighted by Crippen LogP contribution is -2.57. The number of hydrazine groups is 2. The monoisotopic (exact) mass is 957 g/mol. The highest BCUT2D eigenvalue weighted by atomic mass is 35.5. The standard InChI is InChI=1S/C53H64ClN9O4S/c1-30(2)47(51(67)61-28-39(64)26-44(61)49(65)56-31(3)34-15-17-36(18-16-34)48-32(4)55-29-68-48)62-27-37(58-59-62)25-33-13-19-38(20-14-33)60-23-21-35(22-24-60)40-9-7-12-43-46(40)53(5,6)52-57-50(66)45-41(54)10-8-11-42(45)63(43)52/h7-12,15-18,27,29-31,33,35,38-39,44,47,58-59,64H,13-14,19-26,28H2,1-6H3,(H,56,65)/t31-,33?,38?,39+,44-,47-/m0/s1. The SMILES string of the molecule is Cc1ncsc1-c1ccc([C@H](C)NC(=O)[C@@H]2C[C@@H](O)CN2C(=O)[C@H](C(C)C)N2C=C(CC3CCC(N4CCC(c5cccc6c5C(C)(C)c5nc(=O)c7c(Cl)cccc7n5-6)CC4)CC3)NN2)cc1. The number of aliphatic hydroxyl groups excluding tert-OH is 1. The van der Waals surface area contributed by atoms with Crippen LogP contribution in [0, 0.1) is 18.8 Å². The number of thiazole rings is 1. The van der Waals surface area contributed by atoms with Crippen molar-refractivity contribution < 1.29 is 14.7 Å². The van der Waals surface area contributed by atoms with E-state index in [1.165, 1.54) is 24.0 Å². The van der Waals surface area contributed by atoms with Gasteiger partial charge in [-0.1, -0.05) is 67.9 Å². The number of hydrogen-bond donors (Lipinski definition) is 4. The number of benzene rings is 3. The molecule has 4 N–H and O–H groups in total. The minimum absolute atomic E-state index is 0.0680. The van der Waals surface area contributed by atoms with Gasteiger partial charge in [-0.05, 0) is 144 Å². The summed E-state index contributed by atoms with van der Waals surface area (Å²) in [7, 11) is 0. The van der Waals surface area contributed by atoms with E-state index in [0.29, 0.717) is 28.3 Å². The topological polar surface area (TPSA) is 148 Å². The Morgan fingerprint density at radius 2 is 1.72 bits per heavy atom. The second-order valence-electron chi connectivity index (χ2n) is 20.8. The quantitative estimate of drug-likeness (QED) is 0.102. The first-order valence-corrected chi connectivity index (χ1v) is 25.8. The third kappa shape index (κ3) is 8.54. The van der Waals surface area contributed by atoms with Crippen LogP contribution in [0.5, 0.6) is 0 Å². The fraction of sp³-hybridized carbons (Fsp3) is 0.491. The van der Waals surface area contributed by atoms with Gasteiger partial charge in [0, 0.05) is 30.9 Å². The number of amides is 2. The Hall–Kier alpha value is -5.12. The molecule has 13 nitrogen and oxygen atoms in total. The average Bonchev–Trinajstić information content (AvgIpc) is 4.12. The lowest BCUT2D eigenvalue weighted by Gasteiger charge is -2.41. The van der Waals surface area contributed by atoms with Gasteiger partial charge in [-0.15, -0.1) is 16.9 Å². The van der Waals surface area contributed by atoms with Gasteiger partial charge in [0.1, 0.15) is 17.9 Å². The van der Waals surface area contributed by atoms with Crippen molar-refractivity contribution >= 4 is 45.7 Å². The number of allylic oxidation sites excluding steroid dienone is 1. The number of carbonyl (C=O) groups is 2. The summed E-state index contributed by atoms with van der Waals surface area (Å²) in [6, 6.07) is 19.4. The number of carbonyl (C=O) groups excluding carboxylic acids is 2. The fourth-order valence-electron chi connectivity index (χ4n) is 12.1. The van der Waals surface area contributed by atoms with Crippen molar-refractivity contribution in [2.24, 2.45) is 11.8 Å². The summed E-state index contributed by atoms with van der Waals surface area (Å²) in [6.07, 6.45) is 9.18. The van der Waals surface area contributed by atoms with Crippen LogP contribution in [0.25, 0.3) is 27.0 Å². The first-order valence-electron chi connectivity index (χ1n) is 24.6. The predicted molar refractivity (Wildman–Crippen MR) is 268 cm³/mol. The van der Waals surface area contributed by atoms with E-state index in [4.69, 9.17) is 11.6 Å². The van der Waals surface area contributed by atoms with Gasteiger partial charge in [-0.3, -0.25) is 24.0 Å². The third-order valence-corrected chi connectivity index (χ3v) is 16.9. The molecule has 358 valence electrons. The van der Waals surface area contributed by atoms with Gasteiger partial charge in [0.05, 0.1) is 55.3 Å².